The first-order valence-electron chi connectivity index (χ1n) is 6.45. The van der Waals surface area contributed by atoms with Crippen molar-refractivity contribution in [2.24, 2.45) is 0 Å². The maximum atomic E-state index is 13.2. The number of halogens is 1. The Balaban J connectivity index is 1.87. The van der Waals surface area contributed by atoms with Gasteiger partial charge in [0.1, 0.15) is 16.9 Å². The lowest BCUT2D eigenvalue weighted by molar-refractivity contribution is 0.0736. The number of nitriles is 1. The minimum Gasteiger partial charge on any atom is -0.389 e. The average molecular weight is 301 g/mol. The van der Waals surface area contributed by atoms with E-state index in [0.29, 0.717) is 35.6 Å². The van der Waals surface area contributed by atoms with Crippen LogP contribution in [0.25, 0.3) is 0 Å². The summed E-state index contributed by atoms with van der Waals surface area (Å²) in [4.78, 5) is 15.0. The van der Waals surface area contributed by atoms with Crippen LogP contribution in [0.4, 0.5) is 9.39 Å². The van der Waals surface area contributed by atoms with Gasteiger partial charge in [-0.1, -0.05) is 6.07 Å². The van der Waals surface area contributed by atoms with Gasteiger partial charge in [0.05, 0.1) is 12.1 Å². The third-order valence-corrected chi connectivity index (χ3v) is 4.60. The van der Waals surface area contributed by atoms with Gasteiger partial charge in [-0.25, -0.2) is 4.39 Å². The van der Waals surface area contributed by atoms with Crippen molar-refractivity contribution >= 4 is 22.2 Å². The molecule has 0 saturated carbocycles. The molecule has 0 fully saturated rings. The number of nitrogen functional groups attached to an aromatic ring is 1. The number of hydrogen-bond acceptors (Lipinski definition) is 4. The third-order valence-electron chi connectivity index (χ3n) is 3.55. The highest BCUT2D eigenvalue weighted by molar-refractivity contribution is 7.16. The van der Waals surface area contributed by atoms with Gasteiger partial charge in [0.15, 0.2) is 0 Å². The van der Waals surface area contributed by atoms with Crippen molar-refractivity contribution in [3.8, 4) is 6.07 Å². The Kier molecular flexibility index (Phi) is 3.35. The predicted molar refractivity (Wildman–Crippen MR) is 78.3 cm³/mol. The molecule has 2 heterocycles. The summed E-state index contributed by atoms with van der Waals surface area (Å²) < 4.78 is 13.2. The molecule has 1 amide bonds. The van der Waals surface area contributed by atoms with E-state index in [-0.39, 0.29) is 5.91 Å². The summed E-state index contributed by atoms with van der Waals surface area (Å²) in [5.74, 6) is -0.628. The van der Waals surface area contributed by atoms with Crippen molar-refractivity contribution in [2.45, 2.75) is 13.0 Å². The molecule has 1 aliphatic heterocycles. The van der Waals surface area contributed by atoms with Crippen LogP contribution in [-0.2, 0) is 13.0 Å². The Labute approximate surface area is 125 Å². The Bertz CT molecular complexity index is 763. The van der Waals surface area contributed by atoms with Gasteiger partial charge in [0.2, 0.25) is 0 Å². The Morgan fingerprint density at radius 3 is 3.00 bits per heavy atom. The van der Waals surface area contributed by atoms with E-state index in [1.165, 1.54) is 29.5 Å². The number of hydrogen-bond donors (Lipinski definition) is 1. The van der Waals surface area contributed by atoms with Crippen LogP contribution in [-0.4, -0.2) is 17.4 Å². The molecule has 106 valence electrons. The first-order valence-corrected chi connectivity index (χ1v) is 7.26. The molecule has 0 aliphatic carbocycles. The van der Waals surface area contributed by atoms with E-state index in [1.807, 2.05) is 0 Å². The maximum absolute atomic E-state index is 13.2. The number of fused-ring (bicyclic) bond motifs is 1. The Morgan fingerprint density at radius 2 is 2.29 bits per heavy atom. The number of benzene rings is 1. The van der Waals surface area contributed by atoms with E-state index in [2.05, 4.69) is 6.07 Å². The quantitative estimate of drug-likeness (QED) is 0.880. The summed E-state index contributed by atoms with van der Waals surface area (Å²) in [6.45, 7) is 0.925. The van der Waals surface area contributed by atoms with E-state index < -0.39 is 5.82 Å². The van der Waals surface area contributed by atoms with Crippen LogP contribution in [0.15, 0.2) is 24.3 Å². The second-order valence-corrected chi connectivity index (χ2v) is 5.98. The molecule has 0 spiro atoms. The monoisotopic (exact) mass is 301 g/mol. The smallest absolute Gasteiger partial charge is 0.254 e. The fraction of sp³-hybridized carbons (Fsp3) is 0.200. The molecule has 1 aromatic heterocycles. The van der Waals surface area contributed by atoms with Crippen molar-refractivity contribution < 1.29 is 9.18 Å². The summed E-state index contributed by atoms with van der Waals surface area (Å²) in [6, 6.07) is 7.79. The molecule has 0 saturated heterocycles. The first kappa shape index (κ1) is 13.6. The lowest BCUT2D eigenvalue weighted by Crippen LogP contribution is -2.35. The molecule has 1 aliphatic rings. The molecule has 1 aromatic carbocycles. The van der Waals surface area contributed by atoms with Crippen LogP contribution >= 0.6 is 11.3 Å². The molecule has 2 N–H and O–H groups in total. The maximum Gasteiger partial charge on any atom is 0.254 e. The van der Waals surface area contributed by atoms with Gasteiger partial charge in [0, 0.05) is 17.0 Å². The van der Waals surface area contributed by atoms with E-state index in [4.69, 9.17) is 11.0 Å². The van der Waals surface area contributed by atoms with Crippen molar-refractivity contribution in [1.82, 2.24) is 4.90 Å². The van der Waals surface area contributed by atoms with Crippen molar-refractivity contribution in [3.05, 3.63) is 51.7 Å². The molecule has 3 rings (SSSR count). The summed E-state index contributed by atoms with van der Waals surface area (Å²) in [7, 11) is 0. The largest absolute Gasteiger partial charge is 0.389 e. The average Bonchev–Trinajstić information content (AvgIpc) is 2.80. The first-order chi connectivity index (χ1) is 10.1. The summed E-state index contributed by atoms with van der Waals surface area (Å²) in [5.41, 5.74) is 7.65. The predicted octanol–water partition coefficient (Wildman–Crippen LogP) is 2.54. The number of nitrogens with two attached hydrogens (primary N) is 1. The van der Waals surface area contributed by atoms with Crippen molar-refractivity contribution in [3.63, 3.8) is 0 Å². The summed E-state index contributed by atoms with van der Waals surface area (Å²) >= 11 is 1.35. The van der Waals surface area contributed by atoms with Crippen LogP contribution in [0.1, 0.15) is 26.4 Å². The second-order valence-electron chi connectivity index (χ2n) is 4.84. The van der Waals surface area contributed by atoms with Gasteiger partial charge >= 0.3 is 0 Å². The van der Waals surface area contributed by atoms with Crippen LogP contribution in [0, 0.1) is 17.1 Å². The van der Waals surface area contributed by atoms with Gasteiger partial charge in [-0.3, -0.25) is 4.79 Å². The van der Waals surface area contributed by atoms with Crippen molar-refractivity contribution in [2.75, 3.05) is 12.3 Å². The topological polar surface area (TPSA) is 70.1 Å². The van der Waals surface area contributed by atoms with Crippen LogP contribution < -0.4 is 5.73 Å². The van der Waals surface area contributed by atoms with E-state index in [9.17, 15) is 9.18 Å². The normalized spacial score (nSPS) is 13.6. The number of anilines is 1. The fourth-order valence-corrected chi connectivity index (χ4v) is 3.61. The molecule has 4 nitrogen and oxygen atoms in total. The number of amides is 1. The summed E-state index contributed by atoms with van der Waals surface area (Å²) in [5, 5.41) is 9.60. The van der Waals surface area contributed by atoms with Crippen LogP contribution in [0.2, 0.25) is 0 Å². The summed E-state index contributed by atoms with van der Waals surface area (Å²) in [6.07, 6.45) is 0.604. The van der Waals surface area contributed by atoms with Crippen LogP contribution in [0.3, 0.4) is 0 Å². The number of carbonyl (C=O) groups excluding carboxylic acids is 1. The van der Waals surface area contributed by atoms with Gasteiger partial charge in [0.25, 0.3) is 5.91 Å². The number of rotatable bonds is 1. The highest BCUT2D eigenvalue weighted by atomic mass is 32.1. The number of thiophene rings is 1. The van der Waals surface area contributed by atoms with Crippen LogP contribution in [0.5, 0.6) is 0 Å². The lowest BCUT2D eigenvalue weighted by atomic mass is 10.0. The van der Waals surface area contributed by atoms with Gasteiger partial charge in [-0.05, 0) is 30.2 Å². The molecule has 0 atom stereocenters. The molecule has 2 aromatic rings. The second kappa shape index (κ2) is 5.19. The third kappa shape index (κ3) is 2.36. The highest BCUT2D eigenvalue weighted by Gasteiger charge is 2.26. The SMILES string of the molecule is N#Cc1c(N)sc2c1CCN(C(=O)c1cccc(F)c1)C2. The zero-order valence-electron chi connectivity index (χ0n) is 11.1. The van der Waals surface area contributed by atoms with Crippen molar-refractivity contribution in [1.29, 1.82) is 5.26 Å². The van der Waals surface area contributed by atoms with Gasteiger partial charge < -0.3 is 10.6 Å². The number of nitrogens with zero attached hydrogens (tertiary/aromatic N) is 2. The minimum atomic E-state index is -0.425. The molecule has 0 bridgehead atoms. The number of carbonyl (C=O) groups is 1. The molecule has 0 unspecified atom stereocenters. The fourth-order valence-electron chi connectivity index (χ4n) is 2.52. The van der Waals surface area contributed by atoms with Gasteiger partial charge in [-0.2, -0.15) is 5.26 Å². The van der Waals surface area contributed by atoms with Gasteiger partial charge in [-0.15, -0.1) is 11.3 Å². The lowest BCUT2D eigenvalue weighted by Gasteiger charge is -2.27. The Hall–Kier alpha value is -2.39. The molecular weight excluding hydrogens is 289 g/mol. The standard InChI is InChI=1S/C15H12FN3OS/c16-10-3-1-2-9(6-10)15(20)19-5-4-11-12(7-17)14(18)21-13(11)8-19/h1-3,6H,4-5,8,18H2. The Morgan fingerprint density at radius 1 is 1.48 bits per heavy atom. The highest BCUT2D eigenvalue weighted by Crippen LogP contribution is 2.34. The zero-order chi connectivity index (χ0) is 15.0. The van der Waals surface area contributed by atoms with E-state index >= 15 is 0 Å². The molecule has 21 heavy (non-hydrogen) atoms. The van der Waals surface area contributed by atoms with E-state index in [1.54, 1.807) is 11.0 Å². The van der Waals surface area contributed by atoms with E-state index in [0.717, 1.165) is 10.4 Å². The zero-order valence-corrected chi connectivity index (χ0v) is 11.9. The molecule has 0 radical (unpaired) electrons. The minimum absolute atomic E-state index is 0.203. The molecular formula is C15H12FN3OS. The molecule has 6 heteroatoms.